The molecule has 68 valence electrons. The molecule has 0 amide bonds. The van der Waals surface area contributed by atoms with Crippen molar-refractivity contribution in [2.45, 2.75) is 0 Å². The molecule has 0 heterocycles. The topological polar surface area (TPSA) is 0 Å². The Kier molecular flexibility index (Phi) is 28.4. The standard InChI is InChI=1S/6ClH.2Fe.Pd/h6*1H;;;/q;;;;;;2*+3;/p-6. The molecule has 0 spiro atoms. The minimum absolute atomic E-state index is 0. The second-order valence-corrected chi connectivity index (χ2v) is 11.2. The first-order chi connectivity index (χ1) is 3.46. The average molecular weight is 431 g/mol. The number of hydrogen-bond donors (Lipinski definition) is 0. The van der Waals surface area contributed by atoms with Crippen LogP contribution in [-0.2, 0) is 42.8 Å². The Labute approximate surface area is 102 Å². The third kappa shape index (κ3) is 86.1. The van der Waals surface area contributed by atoms with E-state index in [1.165, 1.54) is 0 Å². The Morgan fingerprint density at radius 1 is 0.556 bits per heavy atom. The van der Waals surface area contributed by atoms with Crippen molar-refractivity contribution >= 4 is 60.6 Å². The van der Waals surface area contributed by atoms with Crippen molar-refractivity contribution in [3.8, 4) is 0 Å². The fourth-order valence-electron chi connectivity index (χ4n) is 0. The van der Waals surface area contributed by atoms with Crippen molar-refractivity contribution < 1.29 is 42.8 Å². The molecule has 0 N–H and O–H groups in total. The van der Waals surface area contributed by atoms with Crippen LogP contribution < -0.4 is 0 Å². The first-order valence-electron chi connectivity index (χ1n) is 0.802. The summed E-state index contributed by atoms with van der Waals surface area (Å²) >= 11 is -2.67. The van der Waals surface area contributed by atoms with Crippen molar-refractivity contribution in [3.63, 3.8) is 0 Å². The minimum atomic E-state index is -1.33. The Balaban J connectivity index is -0.0000000720. The molecule has 0 saturated heterocycles. The van der Waals surface area contributed by atoms with Crippen LogP contribution in [0.2, 0.25) is 0 Å². The van der Waals surface area contributed by atoms with Crippen LogP contribution in [0.3, 0.4) is 0 Å². The van der Waals surface area contributed by atoms with Crippen molar-refractivity contribution in [2.75, 3.05) is 0 Å². The fraction of sp³-hybridized carbons (Fsp3) is 0. The zero-order chi connectivity index (χ0) is 7.15. The van der Waals surface area contributed by atoms with Crippen molar-refractivity contribution in [2.24, 2.45) is 0 Å². The maximum atomic E-state index is 4.89. The van der Waals surface area contributed by atoms with Gasteiger partial charge in [0.25, 0.3) is 0 Å². The van der Waals surface area contributed by atoms with E-state index in [1.54, 1.807) is 0 Å². The van der Waals surface area contributed by atoms with Crippen LogP contribution in [0.1, 0.15) is 0 Å². The maximum Gasteiger partial charge on any atom is 0 e. The van der Waals surface area contributed by atoms with E-state index in [-0.39, 0.29) is 20.4 Å². The van der Waals surface area contributed by atoms with Crippen LogP contribution in [0.25, 0.3) is 0 Å². The Morgan fingerprint density at radius 2 is 0.556 bits per heavy atom. The van der Waals surface area contributed by atoms with Gasteiger partial charge in [0, 0.05) is 20.4 Å². The normalized spacial score (nSPS) is 10.0. The number of halogens is 6. The molecule has 0 aliphatic carbocycles. The molecular formula is Cl6Fe2Pd. The van der Waals surface area contributed by atoms with Gasteiger partial charge in [-0.05, 0) is 0 Å². The summed E-state index contributed by atoms with van der Waals surface area (Å²) in [6.45, 7) is 0. The van der Waals surface area contributed by atoms with E-state index < -0.39 is 22.3 Å². The summed E-state index contributed by atoms with van der Waals surface area (Å²) in [6.07, 6.45) is 0. The predicted octanol–water partition coefficient (Wildman–Crippen LogP) is 4.13. The van der Waals surface area contributed by atoms with Gasteiger partial charge in [-0.3, -0.25) is 0 Å². The largest absolute Gasteiger partial charge is 0 e. The predicted molar refractivity (Wildman–Crippen MR) is 35.1 cm³/mol. The fourth-order valence-corrected chi connectivity index (χ4v) is 0. The van der Waals surface area contributed by atoms with Gasteiger partial charge in [-0.15, -0.1) is 0 Å². The molecule has 0 aliphatic rings. The van der Waals surface area contributed by atoms with Crippen molar-refractivity contribution in [3.05, 3.63) is 0 Å². The summed E-state index contributed by atoms with van der Waals surface area (Å²) in [5.74, 6) is 0. The molecule has 0 saturated carbocycles. The quantitative estimate of drug-likeness (QED) is 0.507. The number of hydrogen-bond acceptors (Lipinski definition) is 0. The second kappa shape index (κ2) is 14.0. The van der Waals surface area contributed by atoms with E-state index in [2.05, 4.69) is 0 Å². The average Bonchev–Trinajstić information content (AvgIpc) is 1.25. The van der Waals surface area contributed by atoms with Crippen LogP contribution in [-0.4, -0.2) is 0 Å². The van der Waals surface area contributed by atoms with Gasteiger partial charge in [0.1, 0.15) is 0 Å². The van der Waals surface area contributed by atoms with E-state index in [1.807, 2.05) is 0 Å². The molecule has 0 aromatic rings. The zero-order valence-electron chi connectivity index (χ0n) is 3.29. The van der Waals surface area contributed by atoms with E-state index in [0.29, 0.717) is 0 Å². The Hall–Kier alpha value is 3.44. The molecule has 0 nitrogen and oxygen atoms in total. The maximum absolute atomic E-state index is 4.89. The molecule has 0 bridgehead atoms. The van der Waals surface area contributed by atoms with Crippen molar-refractivity contribution in [1.29, 1.82) is 0 Å². The van der Waals surface area contributed by atoms with Gasteiger partial charge >= 0.3 is 82.9 Å². The van der Waals surface area contributed by atoms with Gasteiger partial charge in [-0.25, -0.2) is 0 Å². The van der Waals surface area contributed by atoms with Crippen LogP contribution in [0.4, 0.5) is 0 Å². The van der Waals surface area contributed by atoms with Gasteiger partial charge < -0.3 is 0 Å². The van der Waals surface area contributed by atoms with Crippen LogP contribution in [0, 0.1) is 0 Å². The second-order valence-electron chi connectivity index (χ2n) is 0.303. The summed E-state index contributed by atoms with van der Waals surface area (Å²) in [7, 11) is 29.3. The van der Waals surface area contributed by atoms with E-state index >= 15 is 0 Å². The molecule has 0 aromatic carbocycles. The van der Waals surface area contributed by atoms with Gasteiger partial charge in [-0.1, -0.05) is 0 Å². The Morgan fingerprint density at radius 3 is 0.556 bits per heavy atom. The molecule has 9 heteroatoms. The molecule has 0 rings (SSSR count). The molecule has 0 aromatic heterocycles. The van der Waals surface area contributed by atoms with Crippen LogP contribution in [0.15, 0.2) is 0 Å². The smallest absolute Gasteiger partial charge is 0 e. The summed E-state index contributed by atoms with van der Waals surface area (Å²) in [5, 5.41) is 0. The number of rotatable bonds is 0. The van der Waals surface area contributed by atoms with Crippen molar-refractivity contribution in [1.82, 2.24) is 0 Å². The van der Waals surface area contributed by atoms with Gasteiger partial charge in [-0.2, -0.15) is 0 Å². The van der Waals surface area contributed by atoms with Crippen LogP contribution >= 0.6 is 60.6 Å². The first-order valence-corrected chi connectivity index (χ1v) is 9.92. The molecular weight excluding hydrogens is 431 g/mol. The minimum Gasteiger partial charge on any atom is 0 e. The first kappa shape index (κ1) is 18.3. The Bertz CT molecular complexity index is 26.5. The monoisotopic (exact) mass is 428 g/mol. The van der Waals surface area contributed by atoms with Crippen LogP contribution in [0.5, 0.6) is 0 Å². The molecule has 0 fully saturated rings. The molecule has 0 unspecified atom stereocenters. The summed E-state index contributed by atoms with van der Waals surface area (Å²) in [4.78, 5) is 0. The summed E-state index contributed by atoms with van der Waals surface area (Å²) in [6, 6.07) is 0. The van der Waals surface area contributed by atoms with Gasteiger partial charge in [0.2, 0.25) is 0 Å². The summed E-state index contributed by atoms with van der Waals surface area (Å²) < 4.78 is 0. The third-order valence-electron chi connectivity index (χ3n) is 0. The van der Waals surface area contributed by atoms with E-state index in [0.717, 1.165) is 0 Å². The third-order valence-corrected chi connectivity index (χ3v) is 0. The molecule has 0 atom stereocenters. The zero-order valence-corrected chi connectivity index (χ0v) is 11.6. The molecule has 0 radical (unpaired) electrons. The SMILES string of the molecule is [Cl][Fe]([Cl])[Cl].[Cl][Fe]([Cl])[Cl].[Pd]. The summed E-state index contributed by atoms with van der Waals surface area (Å²) in [5.41, 5.74) is 0. The van der Waals surface area contributed by atoms with Gasteiger partial charge in [0.15, 0.2) is 0 Å². The van der Waals surface area contributed by atoms with E-state index in [9.17, 15) is 0 Å². The van der Waals surface area contributed by atoms with E-state index in [4.69, 9.17) is 60.6 Å². The van der Waals surface area contributed by atoms with Gasteiger partial charge in [0.05, 0.1) is 0 Å². The molecule has 0 aliphatic heterocycles. The molecule has 9 heavy (non-hydrogen) atoms.